The van der Waals surface area contributed by atoms with Crippen LogP contribution in [0, 0.1) is 11.8 Å². The summed E-state index contributed by atoms with van der Waals surface area (Å²) < 4.78 is 5.84. The van der Waals surface area contributed by atoms with Crippen LogP contribution in [0.3, 0.4) is 0 Å². The van der Waals surface area contributed by atoms with Gasteiger partial charge < -0.3 is 15.2 Å². The molecule has 0 spiro atoms. The summed E-state index contributed by atoms with van der Waals surface area (Å²) in [5.74, 6) is 0.647. The molecule has 2 saturated carbocycles. The molecule has 5 nitrogen and oxygen atoms in total. The molecule has 1 aliphatic heterocycles. The lowest BCUT2D eigenvalue weighted by Gasteiger charge is -2.45. The van der Waals surface area contributed by atoms with E-state index in [0.29, 0.717) is 30.1 Å². The molecule has 0 bridgehead atoms. The number of hydrogen-bond donors (Lipinski definition) is 2. The van der Waals surface area contributed by atoms with Crippen LogP contribution in [0.15, 0.2) is 0 Å². The summed E-state index contributed by atoms with van der Waals surface area (Å²) in [7, 11) is 0. The highest BCUT2D eigenvalue weighted by Gasteiger charge is 2.38. The lowest BCUT2D eigenvalue weighted by atomic mass is 9.83. The third-order valence-electron chi connectivity index (χ3n) is 5.69. The SMILES string of the molecule is CC(C)C1CC(NC2CC(N(CC(=O)O)CC3CC3)C2)CCO1. The van der Waals surface area contributed by atoms with Gasteiger partial charge in [-0.25, -0.2) is 0 Å². The van der Waals surface area contributed by atoms with Crippen molar-refractivity contribution in [2.75, 3.05) is 19.7 Å². The van der Waals surface area contributed by atoms with Crippen molar-refractivity contribution in [3.63, 3.8) is 0 Å². The highest BCUT2D eigenvalue weighted by Crippen LogP contribution is 2.34. The summed E-state index contributed by atoms with van der Waals surface area (Å²) >= 11 is 0. The molecule has 0 aromatic heterocycles. The number of carbonyl (C=O) groups is 1. The fourth-order valence-corrected chi connectivity index (χ4v) is 3.95. The van der Waals surface area contributed by atoms with Crippen LogP contribution < -0.4 is 5.32 Å². The average molecular weight is 324 g/mol. The number of carboxylic acids is 1. The first-order valence-corrected chi connectivity index (χ1v) is 9.34. The van der Waals surface area contributed by atoms with E-state index in [9.17, 15) is 4.79 Å². The summed E-state index contributed by atoms with van der Waals surface area (Å²) in [5.41, 5.74) is 0. The number of rotatable bonds is 8. The highest BCUT2D eigenvalue weighted by molar-refractivity contribution is 5.69. The molecule has 2 atom stereocenters. The van der Waals surface area contributed by atoms with Gasteiger partial charge in [-0.1, -0.05) is 13.8 Å². The van der Waals surface area contributed by atoms with E-state index in [4.69, 9.17) is 9.84 Å². The summed E-state index contributed by atoms with van der Waals surface area (Å²) in [5, 5.41) is 12.9. The summed E-state index contributed by atoms with van der Waals surface area (Å²) in [6.07, 6.45) is 7.36. The standard InChI is InChI=1S/C18H32N2O3/c1-12(2)17-9-14(5-6-23-17)19-15-7-16(8-15)20(11-18(21)22)10-13-3-4-13/h12-17,19H,3-11H2,1-2H3,(H,21,22). The Morgan fingerprint density at radius 3 is 2.57 bits per heavy atom. The first-order chi connectivity index (χ1) is 11.0. The van der Waals surface area contributed by atoms with Crippen molar-refractivity contribution in [2.45, 2.75) is 76.6 Å². The molecule has 132 valence electrons. The lowest BCUT2D eigenvalue weighted by Crippen LogP contribution is -2.57. The fraction of sp³-hybridized carbons (Fsp3) is 0.944. The molecule has 5 heteroatoms. The molecule has 0 amide bonds. The van der Waals surface area contributed by atoms with Gasteiger partial charge in [-0.15, -0.1) is 0 Å². The van der Waals surface area contributed by atoms with Crippen LogP contribution in [0.4, 0.5) is 0 Å². The van der Waals surface area contributed by atoms with Crippen molar-refractivity contribution in [3.8, 4) is 0 Å². The largest absolute Gasteiger partial charge is 0.480 e. The number of hydrogen-bond acceptors (Lipinski definition) is 4. The Bertz CT molecular complexity index is 405. The Morgan fingerprint density at radius 1 is 1.22 bits per heavy atom. The molecular formula is C18H32N2O3. The molecular weight excluding hydrogens is 292 g/mol. The van der Waals surface area contributed by atoms with Gasteiger partial charge in [0.25, 0.3) is 0 Å². The van der Waals surface area contributed by atoms with Crippen molar-refractivity contribution in [1.82, 2.24) is 10.2 Å². The highest BCUT2D eigenvalue weighted by atomic mass is 16.5. The Morgan fingerprint density at radius 2 is 1.96 bits per heavy atom. The van der Waals surface area contributed by atoms with Gasteiger partial charge in [0.05, 0.1) is 12.6 Å². The van der Waals surface area contributed by atoms with Crippen molar-refractivity contribution in [1.29, 1.82) is 0 Å². The van der Waals surface area contributed by atoms with Crippen molar-refractivity contribution < 1.29 is 14.6 Å². The predicted molar refractivity (Wildman–Crippen MR) is 89.5 cm³/mol. The van der Waals surface area contributed by atoms with Gasteiger partial charge >= 0.3 is 5.97 Å². The normalized spacial score (nSPS) is 34.6. The second kappa shape index (κ2) is 7.49. The van der Waals surface area contributed by atoms with Crippen LogP contribution in [0.25, 0.3) is 0 Å². The minimum Gasteiger partial charge on any atom is -0.480 e. The van der Waals surface area contributed by atoms with Crippen molar-refractivity contribution >= 4 is 5.97 Å². The van der Waals surface area contributed by atoms with Gasteiger partial charge in [0.2, 0.25) is 0 Å². The van der Waals surface area contributed by atoms with E-state index in [0.717, 1.165) is 44.8 Å². The molecule has 1 saturated heterocycles. The van der Waals surface area contributed by atoms with E-state index in [1.54, 1.807) is 0 Å². The Kier molecular flexibility index (Phi) is 5.60. The molecule has 2 aliphatic carbocycles. The Hall–Kier alpha value is -0.650. The molecule has 0 aromatic carbocycles. The quantitative estimate of drug-likeness (QED) is 0.716. The maximum absolute atomic E-state index is 11.1. The van der Waals surface area contributed by atoms with Gasteiger partial charge in [-0.05, 0) is 50.4 Å². The zero-order valence-electron chi connectivity index (χ0n) is 14.5. The third-order valence-corrected chi connectivity index (χ3v) is 5.69. The molecule has 3 aliphatic rings. The Balaban J connectivity index is 1.41. The average Bonchev–Trinajstić information content (AvgIpc) is 3.25. The van der Waals surface area contributed by atoms with Crippen molar-refractivity contribution in [3.05, 3.63) is 0 Å². The molecule has 0 aromatic rings. The fourth-order valence-electron chi connectivity index (χ4n) is 3.95. The van der Waals surface area contributed by atoms with E-state index < -0.39 is 5.97 Å². The molecule has 0 radical (unpaired) electrons. The molecule has 3 fully saturated rings. The number of ether oxygens (including phenoxy) is 1. The molecule has 23 heavy (non-hydrogen) atoms. The van der Waals surface area contributed by atoms with E-state index in [1.807, 2.05) is 0 Å². The van der Waals surface area contributed by atoms with Gasteiger partial charge in [-0.3, -0.25) is 9.69 Å². The maximum Gasteiger partial charge on any atom is 0.317 e. The van der Waals surface area contributed by atoms with Gasteiger partial charge in [0, 0.05) is 31.3 Å². The van der Waals surface area contributed by atoms with Crippen LogP contribution in [0.2, 0.25) is 0 Å². The first-order valence-electron chi connectivity index (χ1n) is 9.34. The Labute approximate surface area is 139 Å². The summed E-state index contributed by atoms with van der Waals surface area (Å²) in [6, 6.07) is 1.59. The topological polar surface area (TPSA) is 61.8 Å². The zero-order valence-corrected chi connectivity index (χ0v) is 14.5. The van der Waals surface area contributed by atoms with E-state index in [1.165, 1.54) is 12.8 Å². The number of aliphatic carboxylic acids is 1. The van der Waals surface area contributed by atoms with Crippen LogP contribution in [0.5, 0.6) is 0 Å². The summed E-state index contributed by atoms with van der Waals surface area (Å²) in [4.78, 5) is 13.3. The second-order valence-corrected chi connectivity index (χ2v) is 8.13. The lowest BCUT2D eigenvalue weighted by molar-refractivity contribution is -0.139. The molecule has 1 heterocycles. The minimum atomic E-state index is -0.689. The monoisotopic (exact) mass is 324 g/mol. The van der Waals surface area contributed by atoms with E-state index in [2.05, 4.69) is 24.1 Å². The van der Waals surface area contributed by atoms with Crippen LogP contribution in [0.1, 0.15) is 52.4 Å². The smallest absolute Gasteiger partial charge is 0.317 e. The van der Waals surface area contributed by atoms with Crippen LogP contribution in [-0.2, 0) is 9.53 Å². The van der Waals surface area contributed by atoms with Gasteiger partial charge in [0.1, 0.15) is 0 Å². The minimum absolute atomic E-state index is 0.209. The summed E-state index contributed by atoms with van der Waals surface area (Å²) in [6.45, 7) is 6.52. The maximum atomic E-state index is 11.1. The second-order valence-electron chi connectivity index (χ2n) is 8.13. The molecule has 2 unspecified atom stereocenters. The van der Waals surface area contributed by atoms with E-state index in [-0.39, 0.29) is 6.54 Å². The van der Waals surface area contributed by atoms with Crippen molar-refractivity contribution in [2.24, 2.45) is 11.8 Å². The third kappa shape index (κ3) is 4.91. The molecule has 3 rings (SSSR count). The predicted octanol–water partition coefficient (Wildman–Crippen LogP) is 2.11. The number of carboxylic acid groups (broad SMARTS) is 1. The number of nitrogens with one attached hydrogen (secondary N) is 1. The molecule has 2 N–H and O–H groups in total. The van der Waals surface area contributed by atoms with E-state index >= 15 is 0 Å². The number of nitrogens with zero attached hydrogens (tertiary/aromatic N) is 1. The zero-order chi connectivity index (χ0) is 16.4. The van der Waals surface area contributed by atoms with Crippen LogP contribution in [-0.4, -0.2) is 59.9 Å². The van der Waals surface area contributed by atoms with Crippen LogP contribution >= 0.6 is 0 Å². The van der Waals surface area contributed by atoms with Gasteiger partial charge in [-0.2, -0.15) is 0 Å². The first kappa shape index (κ1) is 17.2. The van der Waals surface area contributed by atoms with Gasteiger partial charge in [0.15, 0.2) is 0 Å².